The molecule has 0 bridgehead atoms. The van der Waals surface area contributed by atoms with Crippen LogP contribution in [-0.4, -0.2) is 23.4 Å². The predicted octanol–water partition coefficient (Wildman–Crippen LogP) is 5.64. The Kier molecular flexibility index (Phi) is 8.07. The lowest BCUT2D eigenvalue weighted by Crippen LogP contribution is -2.39. The van der Waals surface area contributed by atoms with E-state index in [0.717, 1.165) is 11.1 Å². The van der Waals surface area contributed by atoms with Gasteiger partial charge >= 0.3 is 6.03 Å². The van der Waals surface area contributed by atoms with Crippen LogP contribution in [0.25, 0.3) is 0 Å². The maximum Gasteiger partial charge on any atom is 0.322 e. The number of carbonyl (C=O) groups excluding carboxylic acids is 2. The number of hydrogen-bond donors (Lipinski definition) is 2. The van der Waals surface area contributed by atoms with Crippen LogP contribution in [-0.2, 0) is 11.3 Å². The van der Waals surface area contributed by atoms with Crippen molar-refractivity contribution in [1.29, 1.82) is 0 Å². The minimum Gasteiger partial charge on any atom is -0.352 e. The first-order valence-corrected chi connectivity index (χ1v) is 10.6. The van der Waals surface area contributed by atoms with E-state index in [-0.39, 0.29) is 30.9 Å². The second-order valence-corrected chi connectivity index (χ2v) is 7.67. The van der Waals surface area contributed by atoms with Gasteiger partial charge in [-0.05, 0) is 36.2 Å². The molecule has 1 unspecified atom stereocenters. The smallest absolute Gasteiger partial charge is 0.322 e. The summed E-state index contributed by atoms with van der Waals surface area (Å²) in [5.41, 5.74) is 2.63. The molecule has 0 saturated heterocycles. The highest BCUT2D eigenvalue weighted by Crippen LogP contribution is 2.22. The lowest BCUT2D eigenvalue weighted by molar-refractivity contribution is -0.121. The molecule has 0 aliphatic rings. The Hall–Kier alpha value is -3.31. The van der Waals surface area contributed by atoms with E-state index in [1.165, 1.54) is 0 Å². The molecule has 3 rings (SSSR count). The molecule has 3 amide bonds. The zero-order valence-electron chi connectivity index (χ0n) is 17.4. The van der Waals surface area contributed by atoms with Gasteiger partial charge in [-0.1, -0.05) is 78.3 Å². The molecule has 160 valence electrons. The highest BCUT2D eigenvalue weighted by molar-refractivity contribution is 6.30. The van der Waals surface area contributed by atoms with Gasteiger partial charge in [-0.25, -0.2) is 4.79 Å². The lowest BCUT2D eigenvalue weighted by Gasteiger charge is -2.29. The van der Waals surface area contributed by atoms with Crippen molar-refractivity contribution in [3.8, 4) is 0 Å². The number of anilines is 1. The number of nitrogens with zero attached hydrogens (tertiary/aromatic N) is 1. The van der Waals surface area contributed by atoms with Crippen LogP contribution in [0.3, 0.4) is 0 Å². The normalized spacial score (nSPS) is 11.4. The maximum atomic E-state index is 13.1. The van der Waals surface area contributed by atoms with Crippen molar-refractivity contribution in [3.63, 3.8) is 0 Å². The van der Waals surface area contributed by atoms with Crippen molar-refractivity contribution in [3.05, 3.63) is 101 Å². The standard InChI is InChI=1S/C25H26ClN3O2/c1-19(21-11-6-3-7-12-21)29(25(31)28-23-14-8-13-22(26)17-23)16-15-24(30)27-18-20-9-4-2-5-10-20/h2-14,17,19H,15-16,18H2,1H3,(H,27,30)(H,28,31). The molecule has 0 radical (unpaired) electrons. The molecule has 3 aromatic carbocycles. The average Bonchev–Trinajstić information content (AvgIpc) is 2.79. The number of carbonyl (C=O) groups is 2. The molecule has 0 aromatic heterocycles. The third-order valence-electron chi connectivity index (χ3n) is 5.00. The molecule has 0 fully saturated rings. The number of urea groups is 1. The molecule has 1 atom stereocenters. The highest BCUT2D eigenvalue weighted by Gasteiger charge is 2.22. The molecule has 2 N–H and O–H groups in total. The SMILES string of the molecule is CC(c1ccccc1)N(CCC(=O)NCc1ccccc1)C(=O)Nc1cccc(Cl)c1. The van der Waals surface area contributed by atoms with E-state index in [0.29, 0.717) is 17.3 Å². The van der Waals surface area contributed by atoms with Crippen LogP contribution in [0.5, 0.6) is 0 Å². The number of hydrogen-bond acceptors (Lipinski definition) is 2. The van der Waals surface area contributed by atoms with E-state index in [1.807, 2.05) is 67.6 Å². The second kappa shape index (κ2) is 11.2. The molecule has 6 heteroatoms. The summed E-state index contributed by atoms with van der Waals surface area (Å²) in [4.78, 5) is 27.2. The maximum absolute atomic E-state index is 13.1. The molecule has 0 aliphatic carbocycles. The van der Waals surface area contributed by atoms with Gasteiger partial charge in [0, 0.05) is 30.2 Å². The van der Waals surface area contributed by atoms with E-state index in [1.54, 1.807) is 29.2 Å². The number of rotatable bonds is 8. The van der Waals surface area contributed by atoms with Crippen LogP contribution in [0.15, 0.2) is 84.9 Å². The number of halogens is 1. The highest BCUT2D eigenvalue weighted by atomic mass is 35.5. The fourth-order valence-corrected chi connectivity index (χ4v) is 3.44. The fraction of sp³-hybridized carbons (Fsp3) is 0.200. The lowest BCUT2D eigenvalue weighted by atomic mass is 10.1. The average molecular weight is 436 g/mol. The van der Waals surface area contributed by atoms with Gasteiger partial charge in [0.1, 0.15) is 0 Å². The van der Waals surface area contributed by atoms with Crippen molar-refractivity contribution < 1.29 is 9.59 Å². The number of amides is 3. The van der Waals surface area contributed by atoms with E-state index in [2.05, 4.69) is 10.6 Å². The molecular weight excluding hydrogens is 410 g/mol. The van der Waals surface area contributed by atoms with Crippen molar-refractivity contribution >= 4 is 29.2 Å². The van der Waals surface area contributed by atoms with Gasteiger partial charge in [0.25, 0.3) is 0 Å². The molecule has 0 heterocycles. The van der Waals surface area contributed by atoms with Crippen LogP contribution in [0, 0.1) is 0 Å². The van der Waals surface area contributed by atoms with Crippen molar-refractivity contribution in [2.24, 2.45) is 0 Å². The van der Waals surface area contributed by atoms with Gasteiger partial charge < -0.3 is 15.5 Å². The first-order valence-electron chi connectivity index (χ1n) is 10.2. The van der Waals surface area contributed by atoms with Gasteiger partial charge in [-0.15, -0.1) is 0 Å². The van der Waals surface area contributed by atoms with Gasteiger partial charge in [0.15, 0.2) is 0 Å². The summed E-state index contributed by atoms with van der Waals surface area (Å²) in [7, 11) is 0. The van der Waals surface area contributed by atoms with Crippen LogP contribution >= 0.6 is 11.6 Å². The van der Waals surface area contributed by atoms with Crippen molar-refractivity contribution in [1.82, 2.24) is 10.2 Å². The predicted molar refractivity (Wildman–Crippen MR) is 125 cm³/mol. The van der Waals surface area contributed by atoms with E-state index < -0.39 is 0 Å². The van der Waals surface area contributed by atoms with Crippen LogP contribution in [0.4, 0.5) is 10.5 Å². The molecule has 0 saturated carbocycles. The summed E-state index contributed by atoms with van der Waals surface area (Å²) in [5.74, 6) is -0.107. The molecular formula is C25H26ClN3O2. The van der Waals surface area contributed by atoms with E-state index in [9.17, 15) is 9.59 Å². The summed E-state index contributed by atoms with van der Waals surface area (Å²) in [6.07, 6.45) is 0.201. The topological polar surface area (TPSA) is 61.4 Å². The molecule has 31 heavy (non-hydrogen) atoms. The van der Waals surface area contributed by atoms with Gasteiger partial charge in [-0.2, -0.15) is 0 Å². The minimum absolute atomic E-state index is 0.107. The largest absolute Gasteiger partial charge is 0.352 e. The second-order valence-electron chi connectivity index (χ2n) is 7.23. The Bertz CT molecular complexity index is 996. The van der Waals surface area contributed by atoms with Crippen molar-refractivity contribution in [2.45, 2.75) is 25.9 Å². The van der Waals surface area contributed by atoms with Gasteiger partial charge in [0.05, 0.1) is 6.04 Å². The van der Waals surface area contributed by atoms with Crippen LogP contribution in [0.1, 0.15) is 30.5 Å². The summed E-state index contributed by atoms with van der Waals surface area (Å²) in [6.45, 7) is 2.69. The quantitative estimate of drug-likeness (QED) is 0.480. The monoisotopic (exact) mass is 435 g/mol. The van der Waals surface area contributed by atoms with Gasteiger partial charge in [-0.3, -0.25) is 4.79 Å². The minimum atomic E-state index is -0.283. The summed E-state index contributed by atoms with van der Waals surface area (Å²) >= 11 is 6.04. The Balaban J connectivity index is 1.66. The Morgan fingerprint density at radius 3 is 2.29 bits per heavy atom. The molecule has 0 aliphatic heterocycles. The Labute approximate surface area is 188 Å². The van der Waals surface area contributed by atoms with Crippen LogP contribution in [0.2, 0.25) is 5.02 Å². The third-order valence-corrected chi connectivity index (χ3v) is 5.23. The number of nitrogens with one attached hydrogen (secondary N) is 2. The Morgan fingerprint density at radius 1 is 0.935 bits per heavy atom. The summed E-state index contributed by atoms with van der Waals surface area (Å²) in [6, 6.07) is 26.0. The number of benzene rings is 3. The Morgan fingerprint density at radius 2 is 1.61 bits per heavy atom. The van der Waals surface area contributed by atoms with Crippen molar-refractivity contribution in [2.75, 3.05) is 11.9 Å². The van der Waals surface area contributed by atoms with E-state index in [4.69, 9.17) is 11.6 Å². The third kappa shape index (κ3) is 6.86. The first kappa shape index (κ1) is 22.4. The van der Waals surface area contributed by atoms with Gasteiger partial charge in [0.2, 0.25) is 5.91 Å². The zero-order valence-corrected chi connectivity index (χ0v) is 18.2. The van der Waals surface area contributed by atoms with Crippen LogP contribution < -0.4 is 10.6 Å². The molecule has 0 spiro atoms. The molecule has 3 aromatic rings. The molecule has 5 nitrogen and oxygen atoms in total. The summed E-state index contributed by atoms with van der Waals surface area (Å²) < 4.78 is 0. The zero-order chi connectivity index (χ0) is 22.1. The fourth-order valence-electron chi connectivity index (χ4n) is 3.25. The van der Waals surface area contributed by atoms with E-state index >= 15 is 0 Å². The first-order chi connectivity index (χ1) is 15.0. The summed E-state index contributed by atoms with van der Waals surface area (Å²) in [5, 5.41) is 6.34.